The largest absolute Gasteiger partial charge is 0.292 e. The van der Waals surface area contributed by atoms with Crippen molar-refractivity contribution in [2.24, 2.45) is 0 Å². The molecule has 3 aromatic rings. The van der Waals surface area contributed by atoms with Crippen molar-refractivity contribution in [3.63, 3.8) is 0 Å². The summed E-state index contributed by atoms with van der Waals surface area (Å²) in [6.07, 6.45) is 1.55. The van der Waals surface area contributed by atoms with Crippen LogP contribution in [-0.4, -0.2) is 31.3 Å². The molecule has 0 spiro atoms. The van der Waals surface area contributed by atoms with Gasteiger partial charge in [-0.15, -0.1) is 26.6 Å². The fraction of sp³-hybridized carbons (Fsp3) is 0.111. The highest BCUT2D eigenvalue weighted by Gasteiger charge is 2.10. The number of thioether (sulfide) groups is 1. The van der Waals surface area contributed by atoms with Crippen LogP contribution in [0.25, 0.3) is 4.96 Å². The molecule has 0 saturated heterocycles. The summed E-state index contributed by atoms with van der Waals surface area (Å²) in [5.74, 6) is 0.543. The van der Waals surface area contributed by atoms with Gasteiger partial charge >= 0.3 is 0 Å². The number of nitrogens with zero attached hydrogens (tertiary/aromatic N) is 4. The molecule has 0 aliphatic carbocycles. The monoisotopic (exact) mass is 282 g/mol. The molecule has 0 saturated carbocycles. The lowest BCUT2D eigenvalue weighted by Crippen LogP contribution is -1.98. The minimum atomic E-state index is 0.135. The summed E-state index contributed by atoms with van der Waals surface area (Å²) < 4.78 is 2.45. The van der Waals surface area contributed by atoms with Crippen LogP contribution in [0, 0.1) is 0 Å². The summed E-state index contributed by atoms with van der Waals surface area (Å²) in [6, 6.07) is 3.72. The van der Waals surface area contributed by atoms with Gasteiger partial charge in [0, 0.05) is 0 Å². The van der Waals surface area contributed by atoms with E-state index >= 15 is 0 Å². The van der Waals surface area contributed by atoms with Crippen LogP contribution in [0.15, 0.2) is 28.2 Å². The second-order valence-corrected chi connectivity index (χ2v) is 6.24. The van der Waals surface area contributed by atoms with E-state index in [9.17, 15) is 4.79 Å². The Kier molecular flexibility index (Phi) is 2.91. The molecule has 86 valence electrons. The molecular formula is C9H6N4OS3. The second kappa shape index (κ2) is 4.55. The van der Waals surface area contributed by atoms with Gasteiger partial charge in [-0.1, -0.05) is 29.2 Å². The summed E-state index contributed by atoms with van der Waals surface area (Å²) in [5, 5.41) is 13.8. The van der Waals surface area contributed by atoms with Gasteiger partial charge in [0.15, 0.2) is 10.1 Å². The number of hydrogen-bond donors (Lipinski definition) is 0. The fourth-order valence-corrected chi connectivity index (χ4v) is 3.74. The van der Waals surface area contributed by atoms with Gasteiger partial charge in [-0.25, -0.2) is 0 Å². The van der Waals surface area contributed by atoms with E-state index in [1.54, 1.807) is 10.8 Å². The van der Waals surface area contributed by atoms with Crippen molar-refractivity contribution in [3.05, 3.63) is 28.7 Å². The molecule has 0 radical (unpaired) electrons. The van der Waals surface area contributed by atoms with Crippen LogP contribution in [0.2, 0.25) is 0 Å². The topological polar surface area (TPSA) is 60.2 Å². The quantitative estimate of drug-likeness (QED) is 0.542. The van der Waals surface area contributed by atoms with Gasteiger partial charge in [0.05, 0.1) is 10.6 Å². The van der Waals surface area contributed by atoms with Crippen LogP contribution >= 0.6 is 34.4 Å². The Hall–Kier alpha value is -1.25. The number of hydrogen-bond acceptors (Lipinski definition) is 7. The number of rotatable bonds is 4. The molecule has 0 aromatic carbocycles. The first-order valence-corrected chi connectivity index (χ1v) is 7.37. The van der Waals surface area contributed by atoms with E-state index in [0.29, 0.717) is 5.75 Å². The molecule has 0 amide bonds. The Balaban J connectivity index is 1.68. The molecule has 0 bridgehead atoms. The average Bonchev–Trinajstić information content (AvgIpc) is 3.01. The predicted molar refractivity (Wildman–Crippen MR) is 68.0 cm³/mol. The van der Waals surface area contributed by atoms with Crippen molar-refractivity contribution in [3.8, 4) is 0 Å². The number of thiophene rings is 1. The minimum absolute atomic E-state index is 0.135. The minimum Gasteiger partial charge on any atom is -0.292 e. The zero-order chi connectivity index (χ0) is 11.7. The third-order valence-corrected chi connectivity index (χ3v) is 4.95. The first-order valence-electron chi connectivity index (χ1n) is 4.69. The Morgan fingerprint density at radius 2 is 2.47 bits per heavy atom. The molecule has 5 nitrogen and oxygen atoms in total. The van der Waals surface area contributed by atoms with Crippen LogP contribution < -0.4 is 0 Å². The SMILES string of the molecule is O=C(CSc1nn2cnnc2s1)c1cccs1. The van der Waals surface area contributed by atoms with E-state index in [1.165, 1.54) is 34.4 Å². The number of carbonyl (C=O) groups excluding carboxylic acids is 1. The van der Waals surface area contributed by atoms with Gasteiger partial charge in [-0.05, 0) is 11.4 Å². The van der Waals surface area contributed by atoms with E-state index < -0.39 is 0 Å². The molecule has 0 aliphatic heterocycles. The van der Waals surface area contributed by atoms with Crippen LogP contribution in [0.3, 0.4) is 0 Å². The molecule has 3 aromatic heterocycles. The number of ketones is 1. The number of aromatic nitrogens is 4. The Bertz CT molecular complexity index is 614. The van der Waals surface area contributed by atoms with Crippen LogP contribution in [0.1, 0.15) is 9.67 Å². The van der Waals surface area contributed by atoms with Crippen LogP contribution in [0.4, 0.5) is 0 Å². The zero-order valence-electron chi connectivity index (χ0n) is 8.44. The lowest BCUT2D eigenvalue weighted by atomic mass is 10.4. The molecule has 3 rings (SSSR count). The van der Waals surface area contributed by atoms with Gasteiger partial charge < -0.3 is 0 Å². The van der Waals surface area contributed by atoms with Gasteiger partial charge in [0.2, 0.25) is 4.96 Å². The summed E-state index contributed by atoms with van der Waals surface area (Å²) in [5.41, 5.74) is 0. The summed E-state index contributed by atoms with van der Waals surface area (Å²) >= 11 is 4.33. The molecule has 0 aliphatic rings. The highest BCUT2D eigenvalue weighted by atomic mass is 32.2. The maximum absolute atomic E-state index is 11.8. The fourth-order valence-electron chi connectivity index (χ4n) is 1.24. The summed E-state index contributed by atoms with van der Waals surface area (Å²) in [6.45, 7) is 0. The maximum atomic E-state index is 11.8. The Morgan fingerprint density at radius 3 is 3.24 bits per heavy atom. The Morgan fingerprint density at radius 1 is 1.53 bits per heavy atom. The molecule has 3 heterocycles. The lowest BCUT2D eigenvalue weighted by molar-refractivity contribution is 0.102. The van der Waals surface area contributed by atoms with Gasteiger partial charge in [-0.3, -0.25) is 4.79 Å². The maximum Gasteiger partial charge on any atom is 0.235 e. The summed E-state index contributed by atoms with van der Waals surface area (Å²) in [7, 11) is 0. The average molecular weight is 282 g/mol. The van der Waals surface area contributed by atoms with Crippen molar-refractivity contribution >= 4 is 45.2 Å². The van der Waals surface area contributed by atoms with Crippen LogP contribution in [0.5, 0.6) is 0 Å². The first-order chi connectivity index (χ1) is 8.33. The van der Waals surface area contributed by atoms with E-state index in [0.717, 1.165) is 14.2 Å². The standard InChI is InChI=1S/C9H6N4OS3/c14-6(7-2-1-3-15-7)4-16-9-12-13-5-10-11-8(13)17-9/h1-3,5H,4H2. The molecule has 17 heavy (non-hydrogen) atoms. The third-order valence-electron chi connectivity index (χ3n) is 1.99. The van der Waals surface area contributed by atoms with Crippen molar-refractivity contribution in [1.29, 1.82) is 0 Å². The number of Topliss-reactive ketones (excluding diaryl/α,β-unsaturated/α-hetero) is 1. The molecule has 0 unspecified atom stereocenters. The molecular weight excluding hydrogens is 276 g/mol. The second-order valence-electron chi connectivity index (χ2n) is 3.12. The van der Waals surface area contributed by atoms with Crippen molar-refractivity contribution in [2.75, 3.05) is 5.75 Å². The molecule has 8 heteroatoms. The smallest absolute Gasteiger partial charge is 0.235 e. The molecule has 0 atom stereocenters. The van der Waals surface area contributed by atoms with E-state index in [-0.39, 0.29) is 5.78 Å². The van der Waals surface area contributed by atoms with E-state index in [1.807, 2.05) is 17.5 Å². The summed E-state index contributed by atoms with van der Waals surface area (Å²) in [4.78, 5) is 13.3. The first kappa shape index (κ1) is 10.9. The van der Waals surface area contributed by atoms with Gasteiger partial charge in [0.1, 0.15) is 6.33 Å². The number of carbonyl (C=O) groups is 1. The Labute approximate surface area is 108 Å². The van der Waals surface area contributed by atoms with Gasteiger partial charge in [-0.2, -0.15) is 4.52 Å². The third kappa shape index (κ3) is 2.24. The zero-order valence-corrected chi connectivity index (χ0v) is 10.9. The van der Waals surface area contributed by atoms with E-state index in [2.05, 4.69) is 15.3 Å². The normalized spacial score (nSPS) is 11.1. The predicted octanol–water partition coefficient (Wildman–Crippen LogP) is 2.22. The van der Waals surface area contributed by atoms with E-state index in [4.69, 9.17) is 0 Å². The molecule has 0 N–H and O–H groups in total. The number of fused-ring (bicyclic) bond motifs is 1. The molecule has 0 fully saturated rings. The van der Waals surface area contributed by atoms with Crippen LogP contribution in [-0.2, 0) is 0 Å². The highest BCUT2D eigenvalue weighted by molar-refractivity contribution is 8.01. The highest BCUT2D eigenvalue weighted by Crippen LogP contribution is 2.24. The van der Waals surface area contributed by atoms with Crippen molar-refractivity contribution < 1.29 is 4.79 Å². The van der Waals surface area contributed by atoms with Gasteiger partial charge in [0.25, 0.3) is 0 Å². The van der Waals surface area contributed by atoms with Crippen molar-refractivity contribution in [1.82, 2.24) is 19.8 Å². The van der Waals surface area contributed by atoms with Crippen molar-refractivity contribution in [2.45, 2.75) is 4.34 Å². The lowest BCUT2D eigenvalue weighted by Gasteiger charge is -1.94.